The number of carbonyl (C=O) groups is 1. The number of hydrogen-bond acceptors (Lipinski definition) is 4. The van der Waals surface area contributed by atoms with Crippen molar-refractivity contribution in [3.63, 3.8) is 0 Å². The van der Waals surface area contributed by atoms with E-state index in [9.17, 15) is 8.68 Å². The molecule has 144 valence electrons. The van der Waals surface area contributed by atoms with Gasteiger partial charge in [0, 0.05) is 55.8 Å². The molecule has 0 bridgehead atoms. The lowest BCUT2D eigenvalue weighted by atomic mass is 9.81. The number of hydrogen-bond donors (Lipinski definition) is 0. The van der Waals surface area contributed by atoms with Crippen LogP contribution in [0.4, 0.5) is 3.89 Å². The number of esters is 1. The molecule has 0 spiro atoms. The molecule has 1 aromatic carbocycles. The van der Waals surface area contributed by atoms with Gasteiger partial charge in [0.15, 0.2) is 0 Å². The van der Waals surface area contributed by atoms with Crippen LogP contribution in [0, 0.1) is 5.92 Å². The molecule has 0 aliphatic carbocycles. The number of halogens is 1. The van der Waals surface area contributed by atoms with Gasteiger partial charge >= 0.3 is 5.97 Å². The number of unbranched alkanes of at least 4 members (excludes halogenated alkanes) is 1. The summed E-state index contributed by atoms with van der Waals surface area (Å²) in [5.74, 6) is 0.292. The highest BCUT2D eigenvalue weighted by Gasteiger charge is 2.40. The zero-order chi connectivity index (χ0) is 18.5. The smallest absolute Gasteiger partial charge is 0.305 e. The maximum absolute atomic E-state index is 13.0. The molecule has 3 rings (SSSR count). The molecule has 1 fully saturated rings. The predicted molar refractivity (Wildman–Crippen MR) is 105 cm³/mol. The van der Waals surface area contributed by atoms with Gasteiger partial charge in [0.1, 0.15) is 6.10 Å². The summed E-state index contributed by atoms with van der Waals surface area (Å²) < 4.78 is 18.7. The Labute approximate surface area is 161 Å². The number of fused-ring (bicyclic) bond motifs is 3. The van der Waals surface area contributed by atoms with E-state index in [1.165, 1.54) is 29.5 Å². The van der Waals surface area contributed by atoms with Gasteiger partial charge in [0.25, 0.3) is 0 Å². The predicted octanol–water partition coefficient (Wildman–Crippen LogP) is 4.89. The van der Waals surface area contributed by atoms with Gasteiger partial charge in [-0.25, -0.2) is 0 Å². The summed E-state index contributed by atoms with van der Waals surface area (Å²) in [5, 5.41) is 0. The Morgan fingerprint density at radius 1 is 1.38 bits per heavy atom. The molecule has 0 amide bonds. The van der Waals surface area contributed by atoms with E-state index < -0.39 is 0 Å². The first-order chi connectivity index (χ1) is 12.7. The number of benzene rings is 1. The molecule has 3 atom stereocenters. The Morgan fingerprint density at radius 3 is 2.96 bits per heavy atom. The van der Waals surface area contributed by atoms with Crippen molar-refractivity contribution in [2.24, 2.45) is 5.92 Å². The zero-order valence-corrected chi connectivity index (χ0v) is 16.7. The van der Waals surface area contributed by atoms with Crippen molar-refractivity contribution in [2.45, 2.75) is 64.5 Å². The van der Waals surface area contributed by atoms with Crippen molar-refractivity contribution in [2.75, 3.05) is 18.8 Å². The van der Waals surface area contributed by atoms with E-state index in [0.29, 0.717) is 24.3 Å². The van der Waals surface area contributed by atoms with Gasteiger partial charge in [-0.2, -0.15) is 3.89 Å². The van der Waals surface area contributed by atoms with Crippen LogP contribution in [0.5, 0.6) is 0 Å². The Hall–Kier alpha value is -1.07. The first-order valence-corrected chi connectivity index (χ1v) is 10.8. The number of rotatable bonds is 7. The van der Waals surface area contributed by atoms with Crippen molar-refractivity contribution in [1.29, 1.82) is 0 Å². The van der Waals surface area contributed by atoms with Gasteiger partial charge in [-0.3, -0.25) is 9.69 Å². The Kier molecular flexibility index (Phi) is 6.98. The van der Waals surface area contributed by atoms with Gasteiger partial charge in [-0.15, -0.1) is 0 Å². The van der Waals surface area contributed by atoms with Crippen LogP contribution in [-0.2, 0) is 22.4 Å². The van der Waals surface area contributed by atoms with E-state index in [4.69, 9.17) is 4.74 Å². The van der Waals surface area contributed by atoms with E-state index in [0.717, 1.165) is 32.4 Å². The second-order valence-corrected chi connectivity index (χ2v) is 8.10. The van der Waals surface area contributed by atoms with Crippen LogP contribution in [0.3, 0.4) is 0 Å². The fourth-order valence-corrected chi connectivity index (χ4v) is 4.78. The monoisotopic (exact) mass is 379 g/mol. The lowest BCUT2D eigenvalue weighted by Crippen LogP contribution is -2.50. The second kappa shape index (κ2) is 9.23. The minimum atomic E-state index is -0.183. The molecule has 0 radical (unpaired) electrons. The van der Waals surface area contributed by atoms with E-state index in [-0.39, 0.29) is 24.0 Å². The van der Waals surface area contributed by atoms with Crippen LogP contribution >= 0.6 is 12.1 Å². The third-order valence-electron chi connectivity index (χ3n) is 5.80. The molecular weight excluding hydrogens is 349 g/mol. The molecule has 26 heavy (non-hydrogen) atoms. The Bertz CT molecular complexity index is 624. The molecule has 0 aromatic heterocycles. The van der Waals surface area contributed by atoms with Gasteiger partial charge in [0.05, 0.1) is 0 Å². The minimum Gasteiger partial charge on any atom is -0.462 e. The lowest BCUT2D eigenvalue weighted by molar-refractivity contribution is -0.155. The van der Waals surface area contributed by atoms with Gasteiger partial charge < -0.3 is 4.74 Å². The first kappa shape index (κ1) is 19.7. The fourth-order valence-electron chi connectivity index (χ4n) is 4.30. The molecule has 2 heterocycles. The highest BCUT2D eigenvalue weighted by molar-refractivity contribution is 7.94. The molecule has 1 saturated heterocycles. The van der Waals surface area contributed by atoms with E-state index in [2.05, 4.69) is 30.0 Å². The summed E-state index contributed by atoms with van der Waals surface area (Å²) >= 11 is 0.365. The number of aryl methyl sites for hydroxylation is 1. The van der Waals surface area contributed by atoms with E-state index in [1.54, 1.807) is 0 Å². The molecule has 3 nitrogen and oxygen atoms in total. The maximum Gasteiger partial charge on any atom is 0.305 e. The summed E-state index contributed by atoms with van der Waals surface area (Å²) in [7, 11) is 0. The highest BCUT2D eigenvalue weighted by Crippen LogP contribution is 2.41. The summed E-state index contributed by atoms with van der Waals surface area (Å²) in [5.41, 5.74) is 4.22. The van der Waals surface area contributed by atoms with E-state index in [1.807, 2.05) is 6.92 Å². The topological polar surface area (TPSA) is 29.5 Å². The van der Waals surface area contributed by atoms with Crippen molar-refractivity contribution in [3.8, 4) is 0 Å². The first-order valence-electron chi connectivity index (χ1n) is 9.95. The molecule has 0 N–H and O–H groups in total. The molecule has 2 aliphatic heterocycles. The van der Waals surface area contributed by atoms with Gasteiger partial charge in [0.2, 0.25) is 0 Å². The molecule has 2 aliphatic rings. The van der Waals surface area contributed by atoms with Crippen LogP contribution in [0.1, 0.15) is 62.3 Å². The molecule has 5 heteroatoms. The molecule has 1 aromatic rings. The van der Waals surface area contributed by atoms with Crippen molar-refractivity contribution >= 4 is 18.1 Å². The van der Waals surface area contributed by atoms with Crippen LogP contribution in [0.25, 0.3) is 0 Å². The summed E-state index contributed by atoms with van der Waals surface area (Å²) in [6.45, 7) is 5.85. The Morgan fingerprint density at radius 2 is 2.23 bits per heavy atom. The van der Waals surface area contributed by atoms with Crippen LogP contribution in [0.15, 0.2) is 18.2 Å². The largest absolute Gasteiger partial charge is 0.462 e. The SMILES string of the molecule is CCCCc1ccc2c(c1)[C@H]1C[C@@H](OC(=O)CC)[C@H](CSF)CN1CC2. The summed E-state index contributed by atoms with van der Waals surface area (Å²) in [4.78, 5) is 14.3. The quantitative estimate of drug-likeness (QED) is 0.631. The fraction of sp³-hybridized carbons (Fsp3) is 0.667. The average Bonchev–Trinajstić information content (AvgIpc) is 2.66. The third-order valence-corrected chi connectivity index (χ3v) is 6.35. The van der Waals surface area contributed by atoms with Crippen molar-refractivity contribution < 1.29 is 13.4 Å². The van der Waals surface area contributed by atoms with E-state index >= 15 is 0 Å². The van der Waals surface area contributed by atoms with Gasteiger partial charge in [-0.05, 0) is 36.0 Å². The van der Waals surface area contributed by atoms with Crippen LogP contribution in [0.2, 0.25) is 0 Å². The minimum absolute atomic E-state index is 0.0709. The van der Waals surface area contributed by atoms with Crippen LogP contribution in [-0.4, -0.2) is 35.8 Å². The molecular formula is C21H30FNO2S. The van der Waals surface area contributed by atoms with Crippen molar-refractivity contribution in [3.05, 3.63) is 34.9 Å². The lowest BCUT2D eigenvalue weighted by Gasteiger charge is -2.46. The number of ether oxygens (including phenoxy) is 1. The van der Waals surface area contributed by atoms with Crippen molar-refractivity contribution in [1.82, 2.24) is 4.90 Å². The third kappa shape index (κ3) is 4.42. The van der Waals surface area contributed by atoms with Gasteiger partial charge in [-0.1, -0.05) is 38.5 Å². The normalized spacial score (nSPS) is 25.4. The number of piperidine rings is 1. The molecule has 0 unspecified atom stereocenters. The number of nitrogens with zero attached hydrogens (tertiary/aromatic N) is 1. The number of carbonyl (C=O) groups excluding carboxylic acids is 1. The maximum atomic E-state index is 13.0. The summed E-state index contributed by atoms with van der Waals surface area (Å²) in [6, 6.07) is 7.21. The highest BCUT2D eigenvalue weighted by atomic mass is 32.2. The Balaban J connectivity index is 1.82. The van der Waals surface area contributed by atoms with Crippen LogP contribution < -0.4 is 0 Å². The second-order valence-electron chi connectivity index (χ2n) is 7.55. The molecule has 0 saturated carbocycles. The zero-order valence-electron chi connectivity index (χ0n) is 15.9. The average molecular weight is 380 g/mol. The summed E-state index contributed by atoms with van der Waals surface area (Å²) in [6.07, 6.45) is 5.54. The standard InChI is InChI=1S/C21H30FNO2S/c1-3-5-6-15-7-8-16-9-10-23-13-17(14-26-22)20(25-21(24)4-2)12-19(23)18(16)11-15/h7-8,11,17,19-20H,3-6,9-10,12-14H2,1-2H3/t17-,19+,20+/m0/s1.